The normalized spacial score (nSPS) is 12.4. The standard InChI is InChI=1S/C52H92O6/c1-4-7-10-13-16-19-22-25-28-30-33-36-39-42-45-51(54)57-48-49(58-52(55)46-43-40-37-34-31-27-24-21-18-15-12-9-6-3)47-56-50(53)44-41-38-35-32-29-26-23-20-17-14-11-8-5-2/h9,12,15,18,21,24,28,30,49H,4-8,10-11,13-14,16-17,19-20,22-23,25-27,29,31-48H2,1-3H3/b12-9+,18-15+,24-21+,30-28+. The number of hydrogen-bond acceptors (Lipinski definition) is 6. The van der Waals surface area contributed by atoms with Crippen molar-refractivity contribution < 1.29 is 28.6 Å². The zero-order valence-electron chi connectivity index (χ0n) is 38.3. The molecule has 0 aromatic rings. The van der Waals surface area contributed by atoms with Gasteiger partial charge in [0.25, 0.3) is 0 Å². The Bertz CT molecular complexity index is 1030. The van der Waals surface area contributed by atoms with Crippen LogP contribution in [-0.2, 0) is 28.6 Å². The maximum Gasteiger partial charge on any atom is 0.306 e. The number of carbonyl (C=O) groups is 3. The summed E-state index contributed by atoms with van der Waals surface area (Å²) in [6, 6.07) is 0. The number of ether oxygens (including phenoxy) is 3. The van der Waals surface area contributed by atoms with Gasteiger partial charge in [-0.2, -0.15) is 0 Å². The van der Waals surface area contributed by atoms with E-state index in [1.54, 1.807) is 0 Å². The lowest BCUT2D eigenvalue weighted by molar-refractivity contribution is -0.167. The summed E-state index contributed by atoms with van der Waals surface area (Å²) in [7, 11) is 0. The van der Waals surface area contributed by atoms with Crippen molar-refractivity contribution in [2.45, 2.75) is 252 Å². The number of rotatable bonds is 44. The van der Waals surface area contributed by atoms with Gasteiger partial charge in [-0.25, -0.2) is 0 Å². The molecule has 0 aliphatic rings. The molecule has 0 heterocycles. The Hall–Kier alpha value is -2.63. The number of esters is 3. The summed E-state index contributed by atoms with van der Waals surface area (Å²) in [5.74, 6) is -0.917. The van der Waals surface area contributed by atoms with Crippen LogP contribution in [-0.4, -0.2) is 37.2 Å². The molecule has 0 spiro atoms. The van der Waals surface area contributed by atoms with Crippen LogP contribution in [0.15, 0.2) is 48.6 Å². The van der Waals surface area contributed by atoms with E-state index in [1.807, 2.05) is 0 Å². The quantitative estimate of drug-likeness (QED) is 0.0200. The van der Waals surface area contributed by atoms with Crippen molar-refractivity contribution in [1.82, 2.24) is 0 Å². The lowest BCUT2D eigenvalue weighted by Crippen LogP contribution is -2.30. The Kier molecular flexibility index (Phi) is 44.9. The Morgan fingerprint density at radius 2 is 0.690 bits per heavy atom. The second-order valence-corrected chi connectivity index (χ2v) is 16.4. The minimum atomic E-state index is -0.785. The van der Waals surface area contributed by atoms with Gasteiger partial charge < -0.3 is 14.2 Å². The fraction of sp³-hybridized carbons (Fsp3) is 0.788. The number of hydrogen-bond donors (Lipinski definition) is 0. The van der Waals surface area contributed by atoms with Crippen molar-refractivity contribution in [3.8, 4) is 0 Å². The number of unbranched alkanes of at least 4 members (excludes halogenated alkanes) is 27. The molecule has 0 rings (SSSR count). The summed E-state index contributed by atoms with van der Waals surface area (Å²) in [6.07, 6.45) is 55.2. The second-order valence-electron chi connectivity index (χ2n) is 16.4. The van der Waals surface area contributed by atoms with Gasteiger partial charge in [-0.15, -0.1) is 0 Å². The topological polar surface area (TPSA) is 78.9 Å². The van der Waals surface area contributed by atoms with Crippen LogP contribution >= 0.6 is 0 Å². The minimum Gasteiger partial charge on any atom is -0.462 e. The molecule has 58 heavy (non-hydrogen) atoms. The van der Waals surface area contributed by atoms with Crippen molar-refractivity contribution in [3.63, 3.8) is 0 Å². The van der Waals surface area contributed by atoms with Crippen LogP contribution in [0, 0.1) is 0 Å². The summed E-state index contributed by atoms with van der Waals surface area (Å²) in [5.41, 5.74) is 0. The Morgan fingerprint density at radius 1 is 0.362 bits per heavy atom. The maximum atomic E-state index is 12.7. The highest BCUT2D eigenvalue weighted by Crippen LogP contribution is 2.15. The van der Waals surface area contributed by atoms with E-state index in [4.69, 9.17) is 14.2 Å². The number of carbonyl (C=O) groups excluding carboxylic acids is 3. The van der Waals surface area contributed by atoms with Gasteiger partial charge in [-0.3, -0.25) is 14.4 Å². The zero-order chi connectivity index (χ0) is 42.3. The first-order chi connectivity index (χ1) is 28.5. The fourth-order valence-corrected chi connectivity index (χ4v) is 6.91. The first-order valence-corrected chi connectivity index (χ1v) is 24.7. The van der Waals surface area contributed by atoms with E-state index in [0.717, 1.165) is 96.3 Å². The number of allylic oxidation sites excluding steroid dienone is 8. The van der Waals surface area contributed by atoms with Gasteiger partial charge in [-0.1, -0.05) is 211 Å². The Labute approximate surface area is 358 Å². The van der Waals surface area contributed by atoms with E-state index in [2.05, 4.69) is 69.4 Å². The molecule has 0 aromatic carbocycles. The van der Waals surface area contributed by atoms with E-state index in [1.165, 1.54) is 109 Å². The SMILES string of the molecule is CC/C=C/C=C/C=C/CCCCCCCC(=O)OC(COC(=O)CCCCC/C=C/CCCCCCCCC)COC(=O)CCCCCCCCCCCCCCC. The molecule has 6 heteroatoms. The van der Waals surface area contributed by atoms with Crippen molar-refractivity contribution in [3.05, 3.63) is 48.6 Å². The van der Waals surface area contributed by atoms with E-state index >= 15 is 0 Å². The van der Waals surface area contributed by atoms with Crippen LogP contribution in [0.1, 0.15) is 245 Å². The smallest absolute Gasteiger partial charge is 0.306 e. The van der Waals surface area contributed by atoms with Gasteiger partial charge >= 0.3 is 17.9 Å². The fourth-order valence-electron chi connectivity index (χ4n) is 6.91. The summed E-state index contributed by atoms with van der Waals surface area (Å²) >= 11 is 0. The predicted molar refractivity (Wildman–Crippen MR) is 247 cm³/mol. The van der Waals surface area contributed by atoms with Crippen LogP contribution in [0.2, 0.25) is 0 Å². The van der Waals surface area contributed by atoms with Crippen molar-refractivity contribution in [1.29, 1.82) is 0 Å². The molecule has 0 saturated heterocycles. The average Bonchev–Trinajstić information content (AvgIpc) is 3.22. The van der Waals surface area contributed by atoms with Gasteiger partial charge in [0.15, 0.2) is 6.10 Å². The summed E-state index contributed by atoms with van der Waals surface area (Å²) in [6.45, 7) is 6.47. The molecule has 0 N–H and O–H groups in total. The molecule has 1 atom stereocenters. The van der Waals surface area contributed by atoms with Crippen LogP contribution in [0.5, 0.6) is 0 Å². The third kappa shape index (κ3) is 44.5. The molecule has 0 fully saturated rings. The summed E-state index contributed by atoms with van der Waals surface area (Å²) < 4.78 is 16.7. The third-order valence-electron chi connectivity index (χ3n) is 10.6. The summed E-state index contributed by atoms with van der Waals surface area (Å²) in [5, 5.41) is 0. The highest BCUT2D eigenvalue weighted by molar-refractivity contribution is 5.71. The average molecular weight is 813 g/mol. The molecule has 0 aromatic heterocycles. The Morgan fingerprint density at radius 3 is 1.10 bits per heavy atom. The lowest BCUT2D eigenvalue weighted by atomic mass is 10.0. The van der Waals surface area contributed by atoms with Gasteiger partial charge in [0.05, 0.1) is 0 Å². The summed E-state index contributed by atoms with van der Waals surface area (Å²) in [4.78, 5) is 37.9. The highest BCUT2D eigenvalue weighted by Gasteiger charge is 2.19. The largest absolute Gasteiger partial charge is 0.462 e. The maximum absolute atomic E-state index is 12.7. The minimum absolute atomic E-state index is 0.0842. The molecule has 0 aliphatic heterocycles. The molecular formula is C52H92O6. The van der Waals surface area contributed by atoms with Gasteiger partial charge in [0.2, 0.25) is 0 Å². The van der Waals surface area contributed by atoms with Gasteiger partial charge in [0, 0.05) is 19.3 Å². The van der Waals surface area contributed by atoms with Gasteiger partial charge in [-0.05, 0) is 64.2 Å². The van der Waals surface area contributed by atoms with E-state index in [9.17, 15) is 14.4 Å². The second kappa shape index (κ2) is 47.1. The molecule has 0 radical (unpaired) electrons. The van der Waals surface area contributed by atoms with E-state index in [0.29, 0.717) is 19.3 Å². The third-order valence-corrected chi connectivity index (χ3v) is 10.6. The first kappa shape index (κ1) is 55.4. The highest BCUT2D eigenvalue weighted by atomic mass is 16.6. The first-order valence-electron chi connectivity index (χ1n) is 24.7. The predicted octanol–water partition coefficient (Wildman–Crippen LogP) is 15.9. The molecule has 0 aliphatic carbocycles. The van der Waals surface area contributed by atoms with Crippen LogP contribution in [0.3, 0.4) is 0 Å². The van der Waals surface area contributed by atoms with E-state index < -0.39 is 6.10 Å². The van der Waals surface area contributed by atoms with Crippen LogP contribution < -0.4 is 0 Å². The van der Waals surface area contributed by atoms with Crippen LogP contribution in [0.25, 0.3) is 0 Å². The zero-order valence-corrected chi connectivity index (χ0v) is 38.3. The molecule has 1 unspecified atom stereocenters. The molecule has 0 amide bonds. The van der Waals surface area contributed by atoms with Crippen LogP contribution in [0.4, 0.5) is 0 Å². The van der Waals surface area contributed by atoms with Gasteiger partial charge in [0.1, 0.15) is 13.2 Å². The molecular weight excluding hydrogens is 721 g/mol. The van der Waals surface area contributed by atoms with Crippen molar-refractivity contribution in [2.24, 2.45) is 0 Å². The lowest BCUT2D eigenvalue weighted by Gasteiger charge is -2.18. The molecule has 336 valence electrons. The van der Waals surface area contributed by atoms with E-state index in [-0.39, 0.29) is 31.1 Å². The molecule has 0 bridgehead atoms. The molecule has 0 saturated carbocycles. The Balaban J connectivity index is 4.41. The molecule has 6 nitrogen and oxygen atoms in total. The monoisotopic (exact) mass is 813 g/mol. The van der Waals surface area contributed by atoms with Crippen molar-refractivity contribution >= 4 is 17.9 Å². The van der Waals surface area contributed by atoms with Crippen molar-refractivity contribution in [2.75, 3.05) is 13.2 Å².